The van der Waals surface area contributed by atoms with E-state index in [1.54, 1.807) is 30.3 Å². The lowest BCUT2D eigenvalue weighted by Crippen LogP contribution is -2.66. The molecule has 2 unspecified atom stereocenters. The molecule has 12 nitrogen and oxygen atoms in total. The summed E-state index contributed by atoms with van der Waals surface area (Å²) in [6, 6.07) is 4.35. The summed E-state index contributed by atoms with van der Waals surface area (Å²) in [4.78, 5) is 69.9. The van der Waals surface area contributed by atoms with E-state index in [1.165, 1.54) is 4.90 Å². The Morgan fingerprint density at radius 3 is 2.23 bits per heavy atom. The second kappa shape index (κ2) is 17.7. The molecule has 1 aliphatic heterocycles. The molecule has 1 aliphatic carbocycles. The highest BCUT2D eigenvalue weighted by molar-refractivity contribution is 7.91. The van der Waals surface area contributed by atoms with Crippen molar-refractivity contribution < 1.29 is 32.4 Å². The molecule has 1 aromatic carbocycles. The summed E-state index contributed by atoms with van der Waals surface area (Å²) >= 11 is 0. The number of terminal acetylenes is 1. The Balaban J connectivity index is 1.88. The lowest BCUT2D eigenvalue weighted by Gasteiger charge is -2.49. The van der Waals surface area contributed by atoms with Crippen molar-refractivity contribution in [2.24, 2.45) is 16.7 Å². The van der Waals surface area contributed by atoms with Gasteiger partial charge in [-0.1, -0.05) is 92.3 Å². The molecule has 5 amide bonds. The van der Waals surface area contributed by atoms with Gasteiger partial charge in [-0.15, -0.1) is 12.3 Å². The normalized spacial score (nSPS) is 21.1. The van der Waals surface area contributed by atoms with Gasteiger partial charge in [0.25, 0.3) is 5.91 Å². The van der Waals surface area contributed by atoms with Crippen LogP contribution in [0.3, 0.4) is 0 Å². The molecule has 288 valence electrons. The average Bonchev–Trinajstić information content (AvgIpc) is 3.07. The van der Waals surface area contributed by atoms with Gasteiger partial charge in [0.1, 0.15) is 12.1 Å². The lowest BCUT2D eigenvalue weighted by molar-refractivity contribution is -0.151. The summed E-state index contributed by atoms with van der Waals surface area (Å²) in [7, 11) is -3.74. The molecule has 0 bridgehead atoms. The van der Waals surface area contributed by atoms with Crippen molar-refractivity contribution in [1.29, 1.82) is 0 Å². The van der Waals surface area contributed by atoms with Crippen LogP contribution in [0.4, 0.5) is 4.79 Å². The molecular weight excluding hydrogens is 683 g/mol. The first-order valence-corrected chi connectivity index (χ1v) is 20.1. The maximum Gasteiger partial charge on any atom is 0.315 e. The fourth-order valence-corrected chi connectivity index (χ4v) is 8.93. The monoisotopic (exact) mass is 741 g/mol. The highest BCUT2D eigenvalue weighted by atomic mass is 32.2. The zero-order valence-electron chi connectivity index (χ0n) is 32.0. The first-order chi connectivity index (χ1) is 24.3. The second-order valence-corrected chi connectivity index (χ2v) is 18.3. The number of nitrogens with zero attached hydrogens (tertiary/aromatic N) is 1. The van der Waals surface area contributed by atoms with Gasteiger partial charge in [-0.2, -0.15) is 0 Å². The average molecular weight is 742 g/mol. The van der Waals surface area contributed by atoms with Gasteiger partial charge in [0.15, 0.2) is 9.84 Å². The Kier molecular flexibility index (Phi) is 14.5. The molecule has 3 rings (SSSR count). The first-order valence-electron chi connectivity index (χ1n) is 18.5. The maximum absolute atomic E-state index is 14.6. The summed E-state index contributed by atoms with van der Waals surface area (Å²) in [5.41, 5.74) is -2.18. The summed E-state index contributed by atoms with van der Waals surface area (Å²) in [6.07, 6.45) is 9.91. The van der Waals surface area contributed by atoms with Crippen LogP contribution in [-0.2, 0) is 29.0 Å². The summed E-state index contributed by atoms with van der Waals surface area (Å²) in [6.45, 7) is 13.7. The molecule has 1 saturated heterocycles. The molecule has 4 N–H and O–H groups in total. The quantitative estimate of drug-likeness (QED) is 0.126. The van der Waals surface area contributed by atoms with E-state index in [0.29, 0.717) is 19.3 Å². The number of carbonyl (C=O) groups is 5. The van der Waals surface area contributed by atoms with Crippen LogP contribution in [0, 0.1) is 29.1 Å². The minimum Gasteiger partial charge on any atom is -0.348 e. The van der Waals surface area contributed by atoms with Gasteiger partial charge in [0.05, 0.1) is 22.2 Å². The minimum absolute atomic E-state index is 0.0151. The molecule has 1 heterocycles. The Morgan fingerprint density at radius 2 is 1.65 bits per heavy atom. The molecule has 52 heavy (non-hydrogen) atoms. The third-order valence-electron chi connectivity index (χ3n) is 10.6. The van der Waals surface area contributed by atoms with E-state index in [2.05, 4.69) is 27.2 Å². The highest BCUT2D eigenvalue weighted by Gasteiger charge is 2.48. The topological polar surface area (TPSA) is 171 Å². The lowest BCUT2D eigenvalue weighted by atomic mass is 9.71. The number of ketones is 1. The van der Waals surface area contributed by atoms with E-state index in [1.807, 2.05) is 48.5 Å². The number of rotatable bonds is 14. The Bertz CT molecular complexity index is 1590. The van der Waals surface area contributed by atoms with Crippen molar-refractivity contribution in [3.8, 4) is 12.3 Å². The van der Waals surface area contributed by atoms with E-state index >= 15 is 0 Å². The zero-order chi connectivity index (χ0) is 38.9. The van der Waals surface area contributed by atoms with Crippen molar-refractivity contribution in [3.05, 3.63) is 30.3 Å². The van der Waals surface area contributed by atoms with Crippen molar-refractivity contribution in [1.82, 2.24) is 26.2 Å². The number of urea groups is 1. The van der Waals surface area contributed by atoms with Crippen LogP contribution < -0.4 is 21.3 Å². The number of amides is 5. The molecule has 1 aromatic rings. The van der Waals surface area contributed by atoms with E-state index in [0.717, 1.165) is 19.3 Å². The van der Waals surface area contributed by atoms with Crippen LogP contribution in [0.2, 0.25) is 0 Å². The van der Waals surface area contributed by atoms with Crippen LogP contribution in [0.15, 0.2) is 35.2 Å². The molecular formula is C39H59N5O7S. The number of nitrogens with one attached hydrogen (secondary N) is 4. The number of hydrogen-bond donors (Lipinski definition) is 4. The van der Waals surface area contributed by atoms with Gasteiger partial charge in [-0.05, 0) is 54.6 Å². The van der Waals surface area contributed by atoms with Gasteiger partial charge in [-0.3, -0.25) is 19.2 Å². The minimum atomic E-state index is -3.74. The fraction of sp³-hybridized carbons (Fsp3) is 0.667. The number of hydrogen-bond acceptors (Lipinski definition) is 7. The molecule has 2 fully saturated rings. The molecule has 1 saturated carbocycles. The highest BCUT2D eigenvalue weighted by Crippen LogP contribution is 2.40. The van der Waals surface area contributed by atoms with Crippen molar-refractivity contribution in [2.75, 3.05) is 18.8 Å². The first kappa shape index (κ1) is 42.5. The van der Waals surface area contributed by atoms with Crippen molar-refractivity contribution in [2.45, 2.75) is 135 Å². The molecule has 2 aliphatic rings. The SMILES string of the molecule is C#CCCNC(=O)C(=O)C(CCC)NC(=O)[C@@H]1CC(C)(C)C(C)CN1C(=O)[C@@H](NC(=O)NC1(CS(=O)(=O)c2ccccc2)CCCCC1)C(C)(C)C. The van der Waals surface area contributed by atoms with Crippen LogP contribution in [0.5, 0.6) is 0 Å². The van der Waals surface area contributed by atoms with E-state index in [9.17, 15) is 32.4 Å². The largest absolute Gasteiger partial charge is 0.348 e. The van der Waals surface area contributed by atoms with E-state index in [-0.39, 0.29) is 54.3 Å². The van der Waals surface area contributed by atoms with Crippen LogP contribution >= 0.6 is 0 Å². The van der Waals surface area contributed by atoms with E-state index < -0.39 is 68.5 Å². The number of sulfone groups is 1. The third-order valence-corrected chi connectivity index (χ3v) is 12.5. The van der Waals surface area contributed by atoms with Crippen molar-refractivity contribution in [3.63, 3.8) is 0 Å². The number of piperidine rings is 1. The number of benzene rings is 1. The van der Waals surface area contributed by atoms with Gasteiger partial charge in [0, 0.05) is 19.5 Å². The second-order valence-electron chi connectivity index (χ2n) is 16.3. The van der Waals surface area contributed by atoms with Crippen molar-refractivity contribution >= 4 is 39.4 Å². The van der Waals surface area contributed by atoms with Crippen LogP contribution in [-0.4, -0.2) is 85.4 Å². The van der Waals surface area contributed by atoms with Gasteiger partial charge in [-0.25, -0.2) is 13.2 Å². The third kappa shape index (κ3) is 11.0. The Morgan fingerprint density at radius 1 is 1.02 bits per heavy atom. The summed E-state index contributed by atoms with van der Waals surface area (Å²) in [5.74, 6) is -0.535. The predicted molar refractivity (Wildman–Crippen MR) is 201 cm³/mol. The molecule has 4 atom stereocenters. The molecule has 0 spiro atoms. The van der Waals surface area contributed by atoms with E-state index in [4.69, 9.17) is 6.42 Å². The van der Waals surface area contributed by atoms with Crippen LogP contribution in [0.25, 0.3) is 0 Å². The van der Waals surface area contributed by atoms with Gasteiger partial charge >= 0.3 is 6.03 Å². The zero-order valence-corrected chi connectivity index (χ0v) is 32.8. The molecule has 13 heteroatoms. The number of carbonyl (C=O) groups excluding carboxylic acids is 5. The number of Topliss-reactive ketones (excluding diaryl/α,β-unsaturated/α-hetero) is 1. The summed E-state index contributed by atoms with van der Waals surface area (Å²) < 4.78 is 27.0. The number of likely N-dealkylation sites (tertiary alicyclic amines) is 1. The van der Waals surface area contributed by atoms with Gasteiger partial charge < -0.3 is 26.2 Å². The predicted octanol–water partition coefficient (Wildman–Crippen LogP) is 4.13. The smallest absolute Gasteiger partial charge is 0.315 e. The maximum atomic E-state index is 14.6. The molecule has 0 radical (unpaired) electrons. The Labute approximate surface area is 310 Å². The fourth-order valence-electron chi connectivity index (χ4n) is 7.11. The molecule has 0 aromatic heterocycles. The van der Waals surface area contributed by atoms with Gasteiger partial charge in [0.2, 0.25) is 17.6 Å². The van der Waals surface area contributed by atoms with Crippen LogP contribution in [0.1, 0.15) is 106 Å². The summed E-state index contributed by atoms with van der Waals surface area (Å²) in [5, 5.41) is 11.1. The standard InChI is InChI=1S/C39H59N5O7S/c1-9-11-23-40-34(47)31(45)29(18-10-2)41-33(46)30-24-38(7,8)27(3)25-44(30)35(48)32(37(4,5)6)42-36(49)43-39(21-16-13-17-22-39)26-52(50,51)28-19-14-12-15-20-28/h1,12,14-15,19-20,27,29-30,32H,10-11,13,16-18,21-26H2,2-8H3,(H,40,47)(H,41,46)(H2,42,43,49)/t27?,29?,30-,32+/m0/s1. The Hall–Kier alpha value is -3.92.